The van der Waals surface area contributed by atoms with Crippen molar-refractivity contribution in [1.82, 2.24) is 9.97 Å². The van der Waals surface area contributed by atoms with Crippen LogP contribution in [0.4, 0.5) is 17.6 Å². The number of carbonyl (C=O) groups excluding carboxylic acids is 1. The van der Waals surface area contributed by atoms with Gasteiger partial charge in [0.2, 0.25) is 0 Å². The van der Waals surface area contributed by atoms with Gasteiger partial charge in [-0.3, -0.25) is 4.79 Å². The van der Waals surface area contributed by atoms with Crippen LogP contribution in [0, 0.1) is 11.6 Å². The topological polar surface area (TPSA) is 52.1 Å². The molecule has 3 aromatic rings. The van der Waals surface area contributed by atoms with E-state index in [4.69, 9.17) is 0 Å². The molecule has 4 nitrogen and oxygen atoms in total. The summed E-state index contributed by atoms with van der Waals surface area (Å²) in [6.07, 6.45) is 1.48. The molecule has 0 aliphatic carbocycles. The number of carbonyl (C=O) groups is 1. The van der Waals surface area contributed by atoms with E-state index in [1.54, 1.807) is 18.2 Å². The number of halogens is 4. The fourth-order valence-electron chi connectivity index (χ4n) is 2.30. The first-order chi connectivity index (χ1) is 13.4. The molecule has 0 saturated carbocycles. The molecule has 0 aliphatic rings. The number of benzene rings is 2. The SMILES string of the molecule is O=C(CSc1nccc(-c2ccc(OC(F)F)cc2)n1)c1ccc(F)cc1F. The molecule has 28 heavy (non-hydrogen) atoms. The highest BCUT2D eigenvalue weighted by Crippen LogP contribution is 2.24. The van der Waals surface area contributed by atoms with Crippen LogP contribution >= 0.6 is 11.8 Å². The van der Waals surface area contributed by atoms with E-state index in [-0.39, 0.29) is 22.2 Å². The summed E-state index contributed by atoms with van der Waals surface area (Å²) in [5, 5.41) is 0.279. The molecule has 2 aromatic carbocycles. The second kappa shape index (κ2) is 8.83. The molecule has 1 aromatic heterocycles. The third kappa shape index (κ3) is 5.07. The molecule has 0 bridgehead atoms. The lowest BCUT2D eigenvalue weighted by Gasteiger charge is -2.07. The average molecular weight is 408 g/mol. The minimum atomic E-state index is -2.91. The fraction of sp³-hybridized carbons (Fsp3) is 0.105. The second-order valence-corrected chi connectivity index (χ2v) is 6.41. The summed E-state index contributed by atoms with van der Waals surface area (Å²) in [5.41, 5.74) is 0.947. The summed E-state index contributed by atoms with van der Waals surface area (Å²) in [5.74, 6) is -2.32. The standard InChI is InChI=1S/C19H12F4N2O2S/c20-12-3-6-14(15(21)9-12)17(26)10-28-19-24-8-7-16(25-19)11-1-4-13(5-2-11)27-18(22)23/h1-9,18H,10H2. The van der Waals surface area contributed by atoms with Crippen LogP contribution in [0.2, 0.25) is 0 Å². The predicted molar refractivity (Wildman–Crippen MR) is 95.5 cm³/mol. The van der Waals surface area contributed by atoms with Crippen molar-refractivity contribution in [1.29, 1.82) is 0 Å². The number of alkyl halides is 2. The normalized spacial score (nSPS) is 10.9. The van der Waals surface area contributed by atoms with Crippen molar-refractivity contribution in [2.75, 3.05) is 5.75 Å². The molecule has 0 atom stereocenters. The van der Waals surface area contributed by atoms with Gasteiger partial charge in [-0.15, -0.1) is 0 Å². The second-order valence-electron chi connectivity index (χ2n) is 5.46. The monoisotopic (exact) mass is 408 g/mol. The first-order valence-electron chi connectivity index (χ1n) is 7.92. The van der Waals surface area contributed by atoms with E-state index in [0.717, 1.165) is 23.9 Å². The predicted octanol–water partition coefficient (Wildman–Crippen LogP) is 5.00. The number of ether oxygens (including phenoxy) is 1. The number of Topliss-reactive ketones (excluding diaryl/α,β-unsaturated/α-hetero) is 1. The molecule has 0 amide bonds. The Labute approximate surface area is 161 Å². The first-order valence-corrected chi connectivity index (χ1v) is 8.90. The lowest BCUT2D eigenvalue weighted by molar-refractivity contribution is -0.0498. The first kappa shape index (κ1) is 19.8. The van der Waals surface area contributed by atoms with E-state index in [0.29, 0.717) is 17.3 Å². The van der Waals surface area contributed by atoms with Crippen LogP contribution in [0.15, 0.2) is 59.9 Å². The highest BCUT2D eigenvalue weighted by molar-refractivity contribution is 7.99. The fourth-order valence-corrected chi connectivity index (χ4v) is 3.02. The van der Waals surface area contributed by atoms with Gasteiger partial charge in [-0.25, -0.2) is 18.7 Å². The van der Waals surface area contributed by atoms with Crippen LogP contribution in [0.25, 0.3) is 11.3 Å². The summed E-state index contributed by atoms with van der Waals surface area (Å²) in [7, 11) is 0. The third-order valence-corrected chi connectivity index (χ3v) is 4.43. The molecule has 3 rings (SSSR count). The van der Waals surface area contributed by atoms with Crippen molar-refractivity contribution in [3.63, 3.8) is 0 Å². The van der Waals surface area contributed by atoms with Crippen molar-refractivity contribution in [2.24, 2.45) is 0 Å². The van der Waals surface area contributed by atoms with Crippen molar-refractivity contribution in [3.8, 4) is 17.0 Å². The average Bonchev–Trinajstić information content (AvgIpc) is 2.66. The summed E-state index contributed by atoms with van der Waals surface area (Å²) in [6, 6.07) is 10.3. The Bertz CT molecular complexity index is 984. The Balaban J connectivity index is 1.68. The van der Waals surface area contributed by atoms with Crippen molar-refractivity contribution in [2.45, 2.75) is 11.8 Å². The van der Waals surface area contributed by atoms with Crippen molar-refractivity contribution in [3.05, 3.63) is 71.9 Å². The molecule has 0 N–H and O–H groups in total. The van der Waals surface area contributed by atoms with Gasteiger partial charge < -0.3 is 4.74 Å². The van der Waals surface area contributed by atoms with E-state index in [1.807, 2.05) is 0 Å². The highest BCUT2D eigenvalue weighted by Gasteiger charge is 2.14. The van der Waals surface area contributed by atoms with Gasteiger partial charge in [-0.1, -0.05) is 11.8 Å². The van der Waals surface area contributed by atoms with Crippen molar-refractivity contribution >= 4 is 17.5 Å². The van der Waals surface area contributed by atoms with E-state index >= 15 is 0 Å². The molecular weight excluding hydrogens is 396 g/mol. The van der Waals surface area contributed by atoms with E-state index in [2.05, 4.69) is 14.7 Å². The molecule has 0 spiro atoms. The molecule has 0 fully saturated rings. The number of nitrogens with zero attached hydrogens (tertiary/aromatic N) is 2. The molecule has 0 aliphatic heterocycles. The Morgan fingerprint density at radius 3 is 2.50 bits per heavy atom. The summed E-state index contributed by atoms with van der Waals surface area (Å²) >= 11 is 1.00. The molecule has 144 valence electrons. The van der Waals surface area contributed by atoms with Gasteiger partial charge >= 0.3 is 6.61 Å². The van der Waals surface area contributed by atoms with Crippen LogP contribution in [0.3, 0.4) is 0 Å². The van der Waals surface area contributed by atoms with E-state index < -0.39 is 24.0 Å². The van der Waals surface area contributed by atoms with Gasteiger partial charge in [0.05, 0.1) is 17.0 Å². The Kier molecular flexibility index (Phi) is 6.25. The summed E-state index contributed by atoms with van der Waals surface area (Å²) < 4.78 is 55.3. The molecule has 0 saturated heterocycles. The van der Waals surface area contributed by atoms with E-state index in [9.17, 15) is 22.4 Å². The zero-order valence-electron chi connectivity index (χ0n) is 14.1. The van der Waals surface area contributed by atoms with Gasteiger partial charge in [0.25, 0.3) is 0 Å². The maximum absolute atomic E-state index is 13.7. The smallest absolute Gasteiger partial charge is 0.387 e. The summed E-state index contributed by atoms with van der Waals surface area (Å²) in [6.45, 7) is -2.91. The Morgan fingerprint density at radius 1 is 1.07 bits per heavy atom. The number of thioether (sulfide) groups is 1. The van der Waals surface area contributed by atoms with Crippen LogP contribution < -0.4 is 4.74 Å². The highest BCUT2D eigenvalue weighted by atomic mass is 32.2. The van der Waals surface area contributed by atoms with Crippen LogP contribution in [-0.2, 0) is 0 Å². The van der Waals surface area contributed by atoms with Gasteiger partial charge in [-0.05, 0) is 42.5 Å². The van der Waals surface area contributed by atoms with Gasteiger partial charge in [-0.2, -0.15) is 8.78 Å². The molecule has 0 unspecified atom stereocenters. The number of hydrogen-bond donors (Lipinski definition) is 0. The summed E-state index contributed by atoms with van der Waals surface area (Å²) in [4.78, 5) is 20.5. The number of ketones is 1. The minimum Gasteiger partial charge on any atom is -0.435 e. The molecule has 9 heteroatoms. The molecular formula is C19H12F4N2O2S. The zero-order valence-corrected chi connectivity index (χ0v) is 14.9. The van der Waals surface area contributed by atoms with E-state index in [1.165, 1.54) is 18.3 Å². The lowest BCUT2D eigenvalue weighted by Crippen LogP contribution is -2.06. The molecule has 0 radical (unpaired) electrons. The maximum atomic E-state index is 13.7. The van der Waals surface area contributed by atoms with Crippen LogP contribution in [-0.4, -0.2) is 28.1 Å². The Morgan fingerprint density at radius 2 is 1.82 bits per heavy atom. The van der Waals surface area contributed by atoms with Gasteiger partial charge in [0, 0.05) is 17.8 Å². The number of hydrogen-bond acceptors (Lipinski definition) is 5. The quantitative estimate of drug-likeness (QED) is 0.238. The van der Waals surface area contributed by atoms with Crippen LogP contribution in [0.5, 0.6) is 5.75 Å². The lowest BCUT2D eigenvalue weighted by atomic mass is 10.1. The third-order valence-electron chi connectivity index (χ3n) is 3.57. The number of aromatic nitrogens is 2. The maximum Gasteiger partial charge on any atom is 0.387 e. The largest absolute Gasteiger partial charge is 0.435 e. The number of rotatable bonds is 7. The Hall–Kier alpha value is -2.94. The minimum absolute atomic E-state index is 0.0225. The molecule has 1 heterocycles. The van der Waals surface area contributed by atoms with Gasteiger partial charge in [0.15, 0.2) is 10.9 Å². The van der Waals surface area contributed by atoms with Gasteiger partial charge in [0.1, 0.15) is 17.4 Å². The zero-order chi connectivity index (χ0) is 20.1. The van der Waals surface area contributed by atoms with Crippen molar-refractivity contribution < 1.29 is 27.1 Å². The van der Waals surface area contributed by atoms with Crippen LogP contribution in [0.1, 0.15) is 10.4 Å².